The van der Waals surface area contributed by atoms with Gasteiger partial charge in [-0.15, -0.1) is 0 Å². The van der Waals surface area contributed by atoms with Crippen LogP contribution in [0.1, 0.15) is 52.4 Å². The van der Waals surface area contributed by atoms with Gasteiger partial charge in [0.05, 0.1) is 34.7 Å². The minimum atomic E-state index is -0.986. The number of anilines is 2. The van der Waals surface area contributed by atoms with E-state index in [1.165, 1.54) is 0 Å². The second kappa shape index (κ2) is 8.11. The summed E-state index contributed by atoms with van der Waals surface area (Å²) in [4.78, 5) is 55.4. The molecule has 172 valence electrons. The van der Waals surface area contributed by atoms with Gasteiger partial charge in [0, 0.05) is 19.7 Å². The zero-order chi connectivity index (χ0) is 23.3. The van der Waals surface area contributed by atoms with Crippen LogP contribution < -0.4 is 10.2 Å². The number of rotatable bonds is 4. The zero-order valence-corrected chi connectivity index (χ0v) is 18.7. The summed E-state index contributed by atoms with van der Waals surface area (Å²) < 4.78 is 1.98. The zero-order valence-electron chi connectivity index (χ0n) is 18.7. The largest absolute Gasteiger partial charge is 0.341 e. The third kappa shape index (κ3) is 3.60. The van der Waals surface area contributed by atoms with Crippen LogP contribution in [0.4, 0.5) is 11.4 Å². The van der Waals surface area contributed by atoms with Crippen molar-refractivity contribution < 1.29 is 19.2 Å². The van der Waals surface area contributed by atoms with Crippen molar-refractivity contribution in [3.63, 3.8) is 0 Å². The molecule has 3 aliphatic rings. The van der Waals surface area contributed by atoms with E-state index in [0.29, 0.717) is 11.7 Å². The Bertz CT molecular complexity index is 1150. The van der Waals surface area contributed by atoms with Crippen molar-refractivity contribution in [1.82, 2.24) is 24.9 Å². The maximum absolute atomic E-state index is 13.4. The van der Waals surface area contributed by atoms with Gasteiger partial charge in [0.1, 0.15) is 6.04 Å². The van der Waals surface area contributed by atoms with E-state index in [2.05, 4.69) is 22.4 Å². The fourth-order valence-corrected chi connectivity index (χ4v) is 4.88. The normalized spacial score (nSPS) is 22.0. The Morgan fingerprint density at radius 3 is 2.55 bits per heavy atom. The van der Waals surface area contributed by atoms with E-state index in [1.807, 2.05) is 22.8 Å². The molecule has 4 amide bonds. The maximum atomic E-state index is 13.4. The third-order valence-corrected chi connectivity index (χ3v) is 6.84. The summed E-state index contributed by atoms with van der Waals surface area (Å²) in [5.74, 6) is -2.04. The molecule has 10 nitrogen and oxygen atoms in total. The molecule has 3 aliphatic heterocycles. The van der Waals surface area contributed by atoms with E-state index in [1.54, 1.807) is 24.4 Å². The smallest absolute Gasteiger partial charge is 0.264 e. The van der Waals surface area contributed by atoms with Gasteiger partial charge < -0.3 is 9.80 Å². The van der Waals surface area contributed by atoms with Crippen molar-refractivity contribution in [3.05, 3.63) is 41.7 Å². The highest BCUT2D eigenvalue weighted by Gasteiger charge is 2.46. The van der Waals surface area contributed by atoms with Crippen LogP contribution in [-0.2, 0) is 9.59 Å². The van der Waals surface area contributed by atoms with E-state index in [9.17, 15) is 19.2 Å². The fraction of sp³-hybridized carbons (Fsp3) is 0.435. The minimum Gasteiger partial charge on any atom is -0.341 e. The lowest BCUT2D eigenvalue weighted by Gasteiger charge is -2.29. The van der Waals surface area contributed by atoms with Crippen LogP contribution in [0.25, 0.3) is 0 Å². The van der Waals surface area contributed by atoms with Crippen molar-refractivity contribution in [3.8, 4) is 0 Å². The molecule has 1 unspecified atom stereocenters. The van der Waals surface area contributed by atoms with Crippen molar-refractivity contribution in [1.29, 1.82) is 0 Å². The lowest BCUT2D eigenvalue weighted by molar-refractivity contribution is -0.136. The molecule has 0 aliphatic carbocycles. The van der Waals surface area contributed by atoms with E-state index in [0.717, 1.165) is 36.5 Å². The number of carbonyl (C=O) groups is 4. The van der Waals surface area contributed by atoms with E-state index >= 15 is 0 Å². The lowest BCUT2D eigenvalue weighted by Crippen LogP contribution is -2.54. The van der Waals surface area contributed by atoms with Crippen LogP contribution in [0.5, 0.6) is 0 Å². The van der Waals surface area contributed by atoms with Gasteiger partial charge in [-0.1, -0.05) is 6.07 Å². The van der Waals surface area contributed by atoms with Gasteiger partial charge in [-0.2, -0.15) is 5.10 Å². The summed E-state index contributed by atoms with van der Waals surface area (Å²) in [7, 11) is 3.95. The number of hydrogen-bond donors (Lipinski definition) is 1. The molecule has 1 aromatic carbocycles. The molecule has 2 aromatic rings. The van der Waals surface area contributed by atoms with Crippen LogP contribution >= 0.6 is 0 Å². The van der Waals surface area contributed by atoms with Crippen molar-refractivity contribution in [2.45, 2.75) is 37.8 Å². The Balaban J connectivity index is 1.43. The number of nitrogens with zero attached hydrogens (tertiary/aromatic N) is 5. The topological polar surface area (TPSA) is 108 Å². The first-order valence-corrected chi connectivity index (χ1v) is 11.2. The summed E-state index contributed by atoms with van der Waals surface area (Å²) in [6.07, 6.45) is 5.99. The Morgan fingerprint density at radius 2 is 1.82 bits per heavy atom. The van der Waals surface area contributed by atoms with Gasteiger partial charge in [0.25, 0.3) is 11.8 Å². The van der Waals surface area contributed by atoms with E-state index in [-0.39, 0.29) is 24.0 Å². The molecule has 5 rings (SSSR count). The van der Waals surface area contributed by atoms with Crippen LogP contribution in [0.3, 0.4) is 0 Å². The van der Waals surface area contributed by atoms with Gasteiger partial charge in [0.15, 0.2) is 0 Å². The van der Waals surface area contributed by atoms with Crippen LogP contribution in [0.15, 0.2) is 30.6 Å². The van der Waals surface area contributed by atoms with Gasteiger partial charge >= 0.3 is 0 Å². The van der Waals surface area contributed by atoms with Gasteiger partial charge in [-0.05, 0) is 51.5 Å². The van der Waals surface area contributed by atoms with Gasteiger partial charge in [-0.25, -0.2) is 0 Å². The van der Waals surface area contributed by atoms with Crippen molar-refractivity contribution >= 4 is 35.0 Å². The van der Waals surface area contributed by atoms with Gasteiger partial charge in [0.2, 0.25) is 11.8 Å². The summed E-state index contributed by atoms with van der Waals surface area (Å²) in [6.45, 7) is 2.05. The lowest BCUT2D eigenvalue weighted by atomic mass is 10.0. The minimum absolute atomic E-state index is 0.0900. The summed E-state index contributed by atoms with van der Waals surface area (Å²) in [5.41, 5.74) is 1.91. The molecule has 1 aromatic heterocycles. The number of imide groups is 2. The molecule has 0 saturated carbocycles. The first kappa shape index (κ1) is 21.3. The van der Waals surface area contributed by atoms with Crippen molar-refractivity contribution in [2.75, 3.05) is 32.1 Å². The molecule has 1 atom stereocenters. The molecule has 10 heteroatoms. The molecule has 33 heavy (non-hydrogen) atoms. The molecule has 0 bridgehead atoms. The van der Waals surface area contributed by atoms with Crippen LogP contribution in [-0.4, -0.2) is 76.4 Å². The quantitative estimate of drug-likeness (QED) is 0.700. The predicted octanol–water partition coefficient (Wildman–Crippen LogP) is 1.32. The molecule has 0 radical (unpaired) electrons. The average molecular weight is 450 g/mol. The Labute approximate surface area is 191 Å². The highest BCUT2D eigenvalue weighted by atomic mass is 16.2. The Morgan fingerprint density at radius 1 is 1.06 bits per heavy atom. The van der Waals surface area contributed by atoms with Crippen LogP contribution in [0.2, 0.25) is 0 Å². The fourth-order valence-electron chi connectivity index (χ4n) is 4.88. The number of hydrogen-bond acceptors (Lipinski definition) is 7. The first-order valence-electron chi connectivity index (χ1n) is 11.2. The number of piperidine rings is 2. The first-order chi connectivity index (χ1) is 15.8. The molecule has 0 spiro atoms. The number of amides is 4. The van der Waals surface area contributed by atoms with Crippen molar-refractivity contribution in [2.24, 2.45) is 0 Å². The number of benzene rings is 1. The number of nitrogens with one attached hydrogen (secondary N) is 1. The number of carbonyl (C=O) groups excluding carboxylic acids is 4. The number of aromatic nitrogens is 2. The Hall–Kier alpha value is -3.53. The van der Waals surface area contributed by atoms with E-state index in [4.69, 9.17) is 0 Å². The van der Waals surface area contributed by atoms with E-state index < -0.39 is 29.7 Å². The second-order valence-electron chi connectivity index (χ2n) is 8.92. The average Bonchev–Trinajstić information content (AvgIpc) is 3.38. The highest BCUT2D eigenvalue weighted by molar-refractivity contribution is 6.25. The molecular weight excluding hydrogens is 424 g/mol. The maximum Gasteiger partial charge on any atom is 0.264 e. The number of fused-ring (bicyclic) bond motifs is 1. The second-order valence-corrected chi connectivity index (χ2v) is 8.92. The van der Waals surface area contributed by atoms with Gasteiger partial charge in [-0.3, -0.25) is 34.1 Å². The van der Waals surface area contributed by atoms with Crippen LogP contribution in [0, 0.1) is 0 Å². The summed E-state index contributed by atoms with van der Waals surface area (Å²) >= 11 is 0. The summed E-state index contributed by atoms with van der Waals surface area (Å²) in [5, 5.41) is 6.78. The molecule has 2 fully saturated rings. The SMILES string of the molecule is CN1CCC(n2cc(N(C)c3cccc4c3C(=O)N(C3CCC(=O)NC3=O)C4=O)cn2)CC1. The highest BCUT2D eigenvalue weighted by Crippen LogP contribution is 2.36. The summed E-state index contributed by atoms with van der Waals surface area (Å²) in [6, 6.07) is 4.45. The standard InChI is InChI=1S/C23H26N6O4/c1-26-10-8-14(9-11-26)28-13-15(12-24-28)27(2)17-5-3-4-16-20(17)23(33)29(22(16)32)18-6-7-19(30)25-21(18)31/h3-5,12-14,18H,6-11H2,1-2H3,(H,25,30,31). The molecule has 2 saturated heterocycles. The third-order valence-electron chi connectivity index (χ3n) is 6.84. The monoisotopic (exact) mass is 450 g/mol. The molecule has 1 N–H and O–H groups in total. The molecular formula is C23H26N6O4. The predicted molar refractivity (Wildman–Crippen MR) is 119 cm³/mol. The number of likely N-dealkylation sites (tertiary alicyclic amines) is 1. The molecule has 4 heterocycles. The Kier molecular flexibility index (Phi) is 5.24.